The Balaban J connectivity index is 1.96. The summed E-state index contributed by atoms with van der Waals surface area (Å²) in [5.41, 5.74) is 1.10. The van der Waals surface area contributed by atoms with Gasteiger partial charge < -0.3 is 4.84 Å². The highest BCUT2D eigenvalue weighted by Gasteiger charge is 2.21. The molecule has 1 aliphatic heterocycles. The molecule has 0 saturated carbocycles. The Morgan fingerprint density at radius 3 is 2.77 bits per heavy atom. The van der Waals surface area contributed by atoms with E-state index in [-0.39, 0.29) is 0 Å². The van der Waals surface area contributed by atoms with Gasteiger partial charge in [0.25, 0.3) is 0 Å². The van der Waals surface area contributed by atoms with Crippen LogP contribution >= 0.6 is 12.1 Å². The van der Waals surface area contributed by atoms with Gasteiger partial charge in [0.15, 0.2) is 0 Å². The van der Waals surface area contributed by atoms with E-state index in [2.05, 4.69) is 4.72 Å². The molecule has 0 atom stereocenters. The molecule has 2 rings (SSSR count). The normalized spacial score (nSPS) is 16.8. The second-order valence-electron chi connectivity index (χ2n) is 2.55. The first kappa shape index (κ1) is 8.40. The van der Waals surface area contributed by atoms with E-state index in [0.29, 0.717) is 6.54 Å². The van der Waals surface area contributed by atoms with Gasteiger partial charge in [0.2, 0.25) is 0 Å². The van der Waals surface area contributed by atoms with Crippen LogP contribution in [0, 0.1) is 0 Å². The summed E-state index contributed by atoms with van der Waals surface area (Å²) in [5.74, 6) is 0. The fourth-order valence-electron chi connectivity index (χ4n) is 1.01. The lowest BCUT2D eigenvalue weighted by Gasteiger charge is -2.08. The monoisotopic (exact) mass is 196 g/mol. The van der Waals surface area contributed by atoms with E-state index in [1.165, 1.54) is 4.47 Å². The Hall–Kier alpha value is -1.20. The van der Waals surface area contributed by atoms with Crippen LogP contribution < -0.4 is 4.72 Å². The molecule has 4 nitrogen and oxygen atoms in total. The number of nitrogens with zero attached hydrogens (tertiary/aromatic N) is 1. The van der Waals surface area contributed by atoms with Crippen molar-refractivity contribution in [1.29, 1.82) is 0 Å². The lowest BCUT2D eigenvalue weighted by molar-refractivity contribution is 0.0000404. The van der Waals surface area contributed by atoms with Crippen LogP contribution in [0.2, 0.25) is 0 Å². The SMILES string of the molecule is O=C1NSN(Cc2ccccc2)O1. The average molecular weight is 196 g/mol. The molecule has 1 aromatic carbocycles. The summed E-state index contributed by atoms with van der Waals surface area (Å²) in [6.07, 6.45) is -0.416. The van der Waals surface area contributed by atoms with Crippen LogP contribution in [0.1, 0.15) is 5.56 Å². The van der Waals surface area contributed by atoms with Crippen molar-refractivity contribution in [1.82, 2.24) is 9.19 Å². The number of amides is 1. The van der Waals surface area contributed by atoms with Crippen LogP contribution in [0.3, 0.4) is 0 Å². The topological polar surface area (TPSA) is 41.6 Å². The highest BCUT2D eigenvalue weighted by atomic mass is 32.2. The molecule has 68 valence electrons. The first-order chi connectivity index (χ1) is 6.34. The van der Waals surface area contributed by atoms with E-state index in [4.69, 9.17) is 4.84 Å². The Morgan fingerprint density at radius 2 is 2.15 bits per heavy atom. The molecule has 0 bridgehead atoms. The molecule has 1 heterocycles. The van der Waals surface area contributed by atoms with E-state index in [1.54, 1.807) is 0 Å². The van der Waals surface area contributed by atoms with E-state index in [1.807, 2.05) is 30.3 Å². The summed E-state index contributed by atoms with van der Waals surface area (Å²) in [6.45, 7) is 0.588. The number of carbonyl (C=O) groups is 1. The molecule has 0 aromatic heterocycles. The van der Waals surface area contributed by atoms with Crippen molar-refractivity contribution >= 4 is 18.2 Å². The minimum absolute atomic E-state index is 0.416. The van der Waals surface area contributed by atoms with Crippen LogP contribution in [0.25, 0.3) is 0 Å². The molecule has 0 spiro atoms. The number of benzene rings is 1. The van der Waals surface area contributed by atoms with E-state index >= 15 is 0 Å². The molecular formula is C8H8N2O2S. The summed E-state index contributed by atoms with van der Waals surface area (Å²) in [5, 5.41) is 0. The molecule has 0 aliphatic carbocycles. The molecular weight excluding hydrogens is 188 g/mol. The third-order valence-corrected chi connectivity index (χ3v) is 2.24. The molecule has 1 aliphatic rings. The fraction of sp³-hybridized carbons (Fsp3) is 0.125. The molecule has 1 aromatic rings. The Morgan fingerprint density at radius 1 is 1.38 bits per heavy atom. The molecule has 0 radical (unpaired) electrons. The summed E-state index contributed by atoms with van der Waals surface area (Å²) in [7, 11) is 0. The first-order valence-electron chi connectivity index (χ1n) is 3.81. The Bertz CT molecular complexity index is 304. The largest absolute Gasteiger partial charge is 0.438 e. The first-order valence-corrected chi connectivity index (χ1v) is 4.58. The number of hydrogen-bond donors (Lipinski definition) is 1. The minimum Gasteiger partial charge on any atom is -0.337 e. The van der Waals surface area contributed by atoms with Gasteiger partial charge in [-0.3, -0.25) is 0 Å². The van der Waals surface area contributed by atoms with Crippen LogP contribution in [0.15, 0.2) is 30.3 Å². The van der Waals surface area contributed by atoms with E-state index in [9.17, 15) is 4.79 Å². The van der Waals surface area contributed by atoms with Gasteiger partial charge in [-0.05, 0) is 5.56 Å². The smallest absolute Gasteiger partial charge is 0.337 e. The molecule has 5 heteroatoms. The zero-order chi connectivity index (χ0) is 9.10. The number of hydroxylamine groups is 1. The molecule has 1 saturated heterocycles. The summed E-state index contributed by atoms with van der Waals surface area (Å²) in [6, 6.07) is 9.81. The van der Waals surface area contributed by atoms with Gasteiger partial charge in [-0.25, -0.2) is 9.52 Å². The summed E-state index contributed by atoms with van der Waals surface area (Å²) < 4.78 is 3.97. The van der Waals surface area contributed by atoms with Gasteiger partial charge in [0, 0.05) is 0 Å². The summed E-state index contributed by atoms with van der Waals surface area (Å²) >= 11 is 1.16. The molecule has 0 unspecified atom stereocenters. The van der Waals surface area contributed by atoms with Crippen molar-refractivity contribution in [3.05, 3.63) is 35.9 Å². The van der Waals surface area contributed by atoms with Crippen molar-refractivity contribution in [2.75, 3.05) is 0 Å². The molecule has 1 N–H and O–H groups in total. The predicted octanol–water partition coefficient (Wildman–Crippen LogP) is 1.71. The predicted molar refractivity (Wildman–Crippen MR) is 49.2 cm³/mol. The maximum Gasteiger partial charge on any atom is 0.438 e. The summed E-state index contributed by atoms with van der Waals surface area (Å²) in [4.78, 5) is 15.5. The van der Waals surface area contributed by atoms with Gasteiger partial charge in [-0.15, -0.1) is 0 Å². The van der Waals surface area contributed by atoms with Crippen molar-refractivity contribution in [3.8, 4) is 0 Å². The molecule has 13 heavy (non-hydrogen) atoms. The van der Waals surface area contributed by atoms with Crippen LogP contribution in [0.5, 0.6) is 0 Å². The maximum atomic E-state index is 10.6. The van der Waals surface area contributed by atoms with Crippen LogP contribution in [-0.4, -0.2) is 10.6 Å². The fourth-order valence-corrected chi connectivity index (χ4v) is 1.55. The molecule has 1 amide bonds. The lowest BCUT2D eigenvalue weighted by Crippen LogP contribution is -2.11. The van der Waals surface area contributed by atoms with Gasteiger partial charge in [0.1, 0.15) is 0 Å². The van der Waals surface area contributed by atoms with Gasteiger partial charge in [-0.1, -0.05) is 34.8 Å². The third-order valence-electron chi connectivity index (χ3n) is 1.57. The zero-order valence-electron chi connectivity index (χ0n) is 6.77. The highest BCUT2D eigenvalue weighted by Crippen LogP contribution is 2.17. The maximum absolute atomic E-state index is 10.6. The quantitative estimate of drug-likeness (QED) is 0.731. The second-order valence-corrected chi connectivity index (χ2v) is 3.34. The van der Waals surface area contributed by atoms with Crippen molar-refractivity contribution in [2.24, 2.45) is 0 Å². The van der Waals surface area contributed by atoms with Gasteiger partial charge >= 0.3 is 6.09 Å². The lowest BCUT2D eigenvalue weighted by atomic mass is 10.2. The van der Waals surface area contributed by atoms with E-state index in [0.717, 1.165) is 17.7 Å². The third kappa shape index (κ3) is 2.13. The number of carbonyl (C=O) groups excluding carboxylic acids is 1. The Labute approximate surface area is 80.1 Å². The van der Waals surface area contributed by atoms with Crippen LogP contribution in [-0.2, 0) is 11.4 Å². The van der Waals surface area contributed by atoms with Crippen molar-refractivity contribution < 1.29 is 9.63 Å². The average Bonchev–Trinajstić information content (AvgIpc) is 2.53. The van der Waals surface area contributed by atoms with Gasteiger partial charge in [-0.2, -0.15) is 0 Å². The molecule has 1 fully saturated rings. The van der Waals surface area contributed by atoms with Gasteiger partial charge in [0.05, 0.1) is 18.7 Å². The van der Waals surface area contributed by atoms with Crippen molar-refractivity contribution in [3.63, 3.8) is 0 Å². The number of rotatable bonds is 2. The van der Waals surface area contributed by atoms with Crippen molar-refractivity contribution in [2.45, 2.75) is 6.54 Å². The number of nitrogens with one attached hydrogen (secondary N) is 1. The zero-order valence-corrected chi connectivity index (χ0v) is 7.58. The minimum atomic E-state index is -0.416. The highest BCUT2D eigenvalue weighted by molar-refractivity contribution is 7.95. The van der Waals surface area contributed by atoms with E-state index < -0.39 is 6.09 Å². The second kappa shape index (κ2) is 3.68. The van der Waals surface area contributed by atoms with Crippen LogP contribution in [0.4, 0.5) is 4.79 Å². The standard InChI is InChI=1S/C8H8N2O2S/c11-8-9-13-10(12-8)6-7-4-2-1-3-5-7/h1-5H,6H2,(H,9,11). The number of hydrogen-bond acceptors (Lipinski definition) is 4. The Kier molecular flexibility index (Phi) is 2.37.